The van der Waals surface area contributed by atoms with Crippen LogP contribution in [-0.2, 0) is 18.1 Å². The molecule has 0 bridgehead atoms. The predicted molar refractivity (Wildman–Crippen MR) is 172 cm³/mol. The second-order valence-corrected chi connectivity index (χ2v) is 14.5. The lowest BCUT2D eigenvalue weighted by Gasteiger charge is -2.54. The number of imidazole rings is 1. The fourth-order valence-electron chi connectivity index (χ4n) is 8.84. The standard InChI is InChI=1S/C35H47F3N6O2/c1-25-10-9-13-40(20-25)21-26-16-30(35(36,37)38)31-23-42(33(46)43(31)22-26)28-12-8-11-27(17-28)34(18-29(45)19-34)32-39(2)24-41-14-6-4-3-5-7-15-44(32)41/h8,11-12,16-17,22-23,25,29,32,45H,3-7,9-10,13-15,18-21,24H2,1-2H3/t25-,29-,32?,34-/m0/s1. The Morgan fingerprint density at radius 1 is 0.978 bits per heavy atom. The highest BCUT2D eigenvalue weighted by Crippen LogP contribution is 2.51. The van der Waals surface area contributed by atoms with Crippen LogP contribution in [0.1, 0.15) is 81.4 Å². The van der Waals surface area contributed by atoms with Gasteiger partial charge in [0, 0.05) is 44.0 Å². The molecule has 4 fully saturated rings. The maximum absolute atomic E-state index is 14.4. The van der Waals surface area contributed by atoms with E-state index in [9.17, 15) is 23.1 Å². The number of nitrogens with zero attached hydrogens (tertiary/aromatic N) is 6. The molecule has 46 heavy (non-hydrogen) atoms. The number of hydrazine groups is 1. The molecule has 5 heterocycles. The van der Waals surface area contributed by atoms with E-state index in [1.165, 1.54) is 40.5 Å². The van der Waals surface area contributed by atoms with E-state index < -0.39 is 23.5 Å². The second-order valence-electron chi connectivity index (χ2n) is 14.5. The molecule has 8 nitrogen and oxygen atoms in total. The van der Waals surface area contributed by atoms with Crippen LogP contribution in [0, 0.1) is 5.92 Å². The van der Waals surface area contributed by atoms with Crippen LogP contribution in [0.15, 0.2) is 47.5 Å². The maximum Gasteiger partial charge on any atom is 0.418 e. The van der Waals surface area contributed by atoms with Crippen molar-refractivity contribution in [2.24, 2.45) is 5.92 Å². The summed E-state index contributed by atoms with van der Waals surface area (Å²) in [5, 5.41) is 15.7. The van der Waals surface area contributed by atoms with Crippen molar-refractivity contribution in [2.75, 3.05) is 39.9 Å². The number of aliphatic hydroxyl groups is 1. The molecule has 1 N–H and O–H groups in total. The Labute approximate surface area is 269 Å². The van der Waals surface area contributed by atoms with Crippen LogP contribution < -0.4 is 5.69 Å². The number of halogens is 3. The Morgan fingerprint density at radius 3 is 2.48 bits per heavy atom. The van der Waals surface area contributed by atoms with Crippen LogP contribution in [0.2, 0.25) is 0 Å². The molecule has 0 radical (unpaired) electrons. The Bertz CT molecular complexity index is 1610. The Hall–Kier alpha value is -2.70. The summed E-state index contributed by atoms with van der Waals surface area (Å²) in [5.41, 5.74) is 0.212. The number of piperidine rings is 1. The van der Waals surface area contributed by atoms with Crippen molar-refractivity contribution in [3.63, 3.8) is 0 Å². The summed E-state index contributed by atoms with van der Waals surface area (Å²) in [6.45, 7) is 7.01. The molecule has 7 rings (SSSR count). The van der Waals surface area contributed by atoms with Gasteiger partial charge >= 0.3 is 11.9 Å². The highest BCUT2D eigenvalue weighted by molar-refractivity contribution is 5.58. The van der Waals surface area contributed by atoms with Crippen molar-refractivity contribution in [3.05, 3.63) is 69.9 Å². The summed E-state index contributed by atoms with van der Waals surface area (Å²) < 4.78 is 45.9. The quantitative estimate of drug-likeness (QED) is 0.401. The molecule has 11 heteroatoms. The molecular weight excluding hydrogens is 593 g/mol. The van der Waals surface area contributed by atoms with Gasteiger partial charge in [0.2, 0.25) is 0 Å². The highest BCUT2D eigenvalue weighted by atomic mass is 19.4. The van der Waals surface area contributed by atoms with Crippen molar-refractivity contribution in [1.82, 2.24) is 28.8 Å². The van der Waals surface area contributed by atoms with Gasteiger partial charge in [0.1, 0.15) is 0 Å². The molecule has 0 spiro atoms. The summed E-state index contributed by atoms with van der Waals surface area (Å²) in [5.74, 6) is 0.496. The fraction of sp³-hybridized carbons (Fsp3) is 0.629. The normalized spacial score (nSPS) is 29.3. The van der Waals surface area contributed by atoms with E-state index in [0.29, 0.717) is 36.6 Å². The maximum atomic E-state index is 14.4. The molecule has 1 aliphatic carbocycles. The van der Waals surface area contributed by atoms with Gasteiger partial charge in [-0.15, -0.1) is 0 Å². The number of aromatic nitrogens is 2. The second kappa shape index (κ2) is 12.4. The van der Waals surface area contributed by atoms with Crippen molar-refractivity contribution in [3.8, 4) is 5.69 Å². The number of benzene rings is 1. The zero-order valence-corrected chi connectivity index (χ0v) is 27.1. The molecule has 0 amide bonds. The van der Waals surface area contributed by atoms with E-state index >= 15 is 0 Å². The van der Waals surface area contributed by atoms with Gasteiger partial charge in [-0.3, -0.25) is 18.8 Å². The number of hydrogen-bond donors (Lipinski definition) is 1. The van der Waals surface area contributed by atoms with Crippen LogP contribution in [0.4, 0.5) is 13.2 Å². The summed E-state index contributed by atoms with van der Waals surface area (Å²) in [4.78, 5) is 18.4. The Kier molecular flexibility index (Phi) is 8.59. The lowest BCUT2D eigenvalue weighted by atomic mass is 9.60. The number of likely N-dealkylation sites (tertiary alicyclic amines) is 1. The highest BCUT2D eigenvalue weighted by Gasteiger charge is 2.57. The van der Waals surface area contributed by atoms with Gasteiger partial charge in [0.15, 0.2) is 0 Å². The number of hydrogen-bond acceptors (Lipinski definition) is 6. The van der Waals surface area contributed by atoms with Crippen molar-refractivity contribution in [1.29, 1.82) is 0 Å². The summed E-state index contributed by atoms with van der Waals surface area (Å²) in [7, 11) is 2.14. The molecule has 1 unspecified atom stereocenters. The third kappa shape index (κ3) is 5.83. The molecule has 2 aromatic heterocycles. The topological polar surface area (TPSA) is 59.6 Å². The Morgan fingerprint density at radius 2 is 1.74 bits per heavy atom. The molecule has 3 saturated heterocycles. The van der Waals surface area contributed by atoms with Crippen molar-refractivity contribution < 1.29 is 18.3 Å². The first kappa shape index (κ1) is 31.9. The number of alkyl halides is 3. The Balaban J connectivity index is 1.27. The van der Waals surface area contributed by atoms with E-state index in [1.807, 2.05) is 12.1 Å². The third-order valence-electron chi connectivity index (χ3n) is 10.9. The number of rotatable bonds is 5. The summed E-state index contributed by atoms with van der Waals surface area (Å²) in [6.07, 6.45) is 7.26. The number of likely N-dealkylation sites (N-methyl/N-ethyl adjacent to an activating group) is 1. The molecular formula is C35H47F3N6O2. The minimum absolute atomic E-state index is 0.0472. The average molecular weight is 641 g/mol. The zero-order valence-electron chi connectivity index (χ0n) is 27.1. The monoisotopic (exact) mass is 640 g/mol. The molecule has 3 aliphatic heterocycles. The van der Waals surface area contributed by atoms with Gasteiger partial charge in [-0.05, 0) is 87.4 Å². The molecule has 1 aromatic carbocycles. The van der Waals surface area contributed by atoms with Crippen molar-refractivity contribution >= 4 is 5.52 Å². The van der Waals surface area contributed by atoms with Crippen molar-refractivity contribution in [2.45, 2.75) is 95.1 Å². The van der Waals surface area contributed by atoms with Gasteiger partial charge in [0.25, 0.3) is 0 Å². The smallest absolute Gasteiger partial charge is 0.393 e. The van der Waals surface area contributed by atoms with E-state index in [-0.39, 0.29) is 17.1 Å². The lowest BCUT2D eigenvalue weighted by Crippen LogP contribution is -2.62. The molecule has 2 atom stereocenters. The SMILES string of the molecule is C[C@H]1CCCN(Cc2cc(C(F)(F)F)c3cn(-c4cccc([C@]5(C6N(C)CN7CCCCCCCN67)C[C@H](O)C5)c4)c(=O)n3c2)C1. The largest absolute Gasteiger partial charge is 0.418 e. The minimum Gasteiger partial charge on any atom is -0.393 e. The van der Waals surface area contributed by atoms with Crippen LogP contribution in [0.3, 0.4) is 0 Å². The summed E-state index contributed by atoms with van der Waals surface area (Å²) in [6, 6.07) is 8.92. The van der Waals surface area contributed by atoms with E-state index in [0.717, 1.165) is 64.1 Å². The van der Waals surface area contributed by atoms with Gasteiger partial charge in [0.05, 0.1) is 35.7 Å². The first-order chi connectivity index (χ1) is 22.0. The first-order valence-corrected chi connectivity index (χ1v) is 17.1. The van der Waals surface area contributed by atoms with Gasteiger partial charge < -0.3 is 5.11 Å². The van der Waals surface area contributed by atoms with Crippen LogP contribution in [-0.4, -0.2) is 86.1 Å². The lowest BCUT2D eigenvalue weighted by molar-refractivity contribution is -0.136. The van der Waals surface area contributed by atoms with Crippen LogP contribution >= 0.6 is 0 Å². The van der Waals surface area contributed by atoms with Gasteiger partial charge in [-0.25, -0.2) is 14.8 Å². The number of pyridine rings is 1. The molecule has 4 aliphatic rings. The van der Waals surface area contributed by atoms with E-state index in [2.05, 4.69) is 39.9 Å². The van der Waals surface area contributed by atoms with E-state index in [1.54, 1.807) is 12.3 Å². The van der Waals surface area contributed by atoms with Gasteiger partial charge in [-0.2, -0.15) is 13.2 Å². The fourth-order valence-corrected chi connectivity index (χ4v) is 8.84. The first-order valence-electron chi connectivity index (χ1n) is 17.1. The number of fused-ring (bicyclic) bond motifs is 2. The summed E-state index contributed by atoms with van der Waals surface area (Å²) >= 11 is 0. The van der Waals surface area contributed by atoms with Gasteiger partial charge in [-0.1, -0.05) is 38.3 Å². The van der Waals surface area contributed by atoms with E-state index in [4.69, 9.17) is 0 Å². The predicted octanol–water partition coefficient (Wildman–Crippen LogP) is 5.45. The van der Waals surface area contributed by atoms with Crippen LogP contribution in [0.5, 0.6) is 0 Å². The average Bonchev–Trinajstić information content (AvgIpc) is 3.52. The number of aliphatic hydroxyl groups excluding tert-OH is 1. The minimum atomic E-state index is -4.60. The molecule has 250 valence electrons. The molecule has 1 saturated carbocycles. The zero-order chi connectivity index (χ0) is 32.2. The third-order valence-corrected chi connectivity index (χ3v) is 10.9. The molecule has 3 aromatic rings. The van der Waals surface area contributed by atoms with Crippen LogP contribution in [0.25, 0.3) is 11.2 Å².